The third-order valence-electron chi connectivity index (χ3n) is 4.03. The molecule has 1 amide bonds. The van der Waals surface area contributed by atoms with Crippen molar-refractivity contribution < 1.29 is 14.7 Å². The molecule has 24 heavy (non-hydrogen) atoms. The molecule has 1 unspecified atom stereocenters. The fraction of sp³-hybridized carbons (Fsp3) is 0.556. The highest BCUT2D eigenvalue weighted by Crippen LogP contribution is 2.21. The van der Waals surface area contributed by atoms with Crippen molar-refractivity contribution in [1.29, 1.82) is 0 Å². The van der Waals surface area contributed by atoms with E-state index in [1.807, 2.05) is 18.2 Å². The minimum absolute atomic E-state index is 0.0963. The summed E-state index contributed by atoms with van der Waals surface area (Å²) >= 11 is 3.36. The molecule has 0 aliphatic heterocycles. The van der Waals surface area contributed by atoms with Crippen LogP contribution in [-0.4, -0.2) is 29.6 Å². The molecular formula is C18H27BrN2O3. The predicted octanol–water partition coefficient (Wildman–Crippen LogP) is 4.04. The Morgan fingerprint density at radius 3 is 2.54 bits per heavy atom. The number of aliphatic carboxylic acids is 1. The Bertz CT molecular complexity index is 537. The molecule has 0 heterocycles. The van der Waals surface area contributed by atoms with E-state index >= 15 is 0 Å². The van der Waals surface area contributed by atoms with E-state index in [1.165, 1.54) is 0 Å². The molecule has 5 nitrogen and oxygen atoms in total. The first-order valence-electron chi connectivity index (χ1n) is 8.48. The van der Waals surface area contributed by atoms with E-state index in [0.29, 0.717) is 18.2 Å². The predicted molar refractivity (Wildman–Crippen MR) is 100 cm³/mol. The lowest BCUT2D eigenvalue weighted by molar-refractivity contribution is -0.141. The molecular weight excluding hydrogens is 372 g/mol. The number of carboxylic acid groups (broad SMARTS) is 1. The lowest BCUT2D eigenvalue weighted by Crippen LogP contribution is -2.42. The number of carboxylic acids is 1. The van der Waals surface area contributed by atoms with Crippen molar-refractivity contribution in [2.45, 2.75) is 52.0 Å². The lowest BCUT2D eigenvalue weighted by atomic mass is 9.99. The second kappa shape index (κ2) is 11.2. The van der Waals surface area contributed by atoms with E-state index in [2.05, 4.69) is 40.4 Å². The first-order valence-corrected chi connectivity index (χ1v) is 9.27. The van der Waals surface area contributed by atoms with Crippen LogP contribution in [0.15, 0.2) is 28.7 Å². The van der Waals surface area contributed by atoms with Gasteiger partial charge in [0.1, 0.15) is 6.04 Å². The number of carbonyl (C=O) groups is 2. The monoisotopic (exact) mass is 398 g/mol. The number of rotatable bonds is 11. The molecule has 0 aromatic heterocycles. The molecule has 0 bridgehead atoms. The van der Waals surface area contributed by atoms with Gasteiger partial charge in [-0.3, -0.25) is 9.59 Å². The highest BCUT2D eigenvalue weighted by Gasteiger charge is 2.22. The van der Waals surface area contributed by atoms with Crippen LogP contribution in [0, 0.1) is 5.92 Å². The number of hydrogen-bond acceptors (Lipinski definition) is 3. The van der Waals surface area contributed by atoms with Crippen LogP contribution in [0.3, 0.4) is 0 Å². The van der Waals surface area contributed by atoms with Crippen molar-refractivity contribution in [3.05, 3.63) is 28.7 Å². The van der Waals surface area contributed by atoms with E-state index < -0.39 is 12.0 Å². The summed E-state index contributed by atoms with van der Waals surface area (Å²) in [6.45, 7) is 4.87. The van der Waals surface area contributed by atoms with Crippen LogP contribution in [0.2, 0.25) is 0 Å². The second-order valence-corrected chi connectivity index (χ2v) is 6.80. The van der Waals surface area contributed by atoms with Crippen LogP contribution in [0.4, 0.5) is 5.69 Å². The van der Waals surface area contributed by atoms with Gasteiger partial charge >= 0.3 is 5.97 Å². The van der Waals surface area contributed by atoms with Crippen LogP contribution in [0.25, 0.3) is 0 Å². The van der Waals surface area contributed by atoms with Gasteiger partial charge in [0.15, 0.2) is 0 Å². The molecule has 134 valence electrons. The van der Waals surface area contributed by atoms with Gasteiger partial charge in [0, 0.05) is 4.47 Å². The summed E-state index contributed by atoms with van der Waals surface area (Å²) in [7, 11) is 0. The average Bonchev–Trinajstić information content (AvgIpc) is 2.55. The quantitative estimate of drug-likeness (QED) is 0.525. The number of anilines is 1. The second-order valence-electron chi connectivity index (χ2n) is 5.95. The van der Waals surface area contributed by atoms with Crippen molar-refractivity contribution in [3.63, 3.8) is 0 Å². The molecule has 0 saturated heterocycles. The highest BCUT2D eigenvalue weighted by molar-refractivity contribution is 9.10. The summed E-state index contributed by atoms with van der Waals surface area (Å²) in [5, 5.41) is 15.1. The Hall–Kier alpha value is -1.40. The zero-order valence-electron chi connectivity index (χ0n) is 14.3. The Kier molecular flexibility index (Phi) is 9.64. The summed E-state index contributed by atoms with van der Waals surface area (Å²) in [4.78, 5) is 23.5. The van der Waals surface area contributed by atoms with Gasteiger partial charge in [-0.1, -0.05) is 45.2 Å². The molecule has 1 rings (SSSR count). The van der Waals surface area contributed by atoms with Crippen molar-refractivity contribution in [2.75, 3.05) is 11.9 Å². The SMILES string of the molecule is CCCCC(CC)CN[C@@H](CC(=O)Nc1ccccc1Br)C(=O)O. The summed E-state index contributed by atoms with van der Waals surface area (Å²) in [6.07, 6.45) is 4.26. The van der Waals surface area contributed by atoms with Gasteiger partial charge < -0.3 is 15.7 Å². The molecule has 2 atom stereocenters. The Morgan fingerprint density at radius 1 is 1.25 bits per heavy atom. The first kappa shape index (κ1) is 20.6. The largest absolute Gasteiger partial charge is 0.480 e. The zero-order chi connectivity index (χ0) is 17.9. The molecule has 0 aliphatic carbocycles. The van der Waals surface area contributed by atoms with Crippen molar-refractivity contribution in [1.82, 2.24) is 5.32 Å². The number of para-hydroxylation sites is 1. The molecule has 0 radical (unpaired) electrons. The number of hydrogen-bond donors (Lipinski definition) is 3. The van der Waals surface area contributed by atoms with Crippen molar-refractivity contribution >= 4 is 33.5 Å². The van der Waals surface area contributed by atoms with E-state index in [1.54, 1.807) is 6.07 Å². The van der Waals surface area contributed by atoms with Crippen LogP contribution < -0.4 is 10.6 Å². The topological polar surface area (TPSA) is 78.4 Å². The molecule has 0 aliphatic rings. The average molecular weight is 399 g/mol. The summed E-state index contributed by atoms with van der Waals surface area (Å²) in [5.74, 6) is -0.871. The van der Waals surface area contributed by atoms with E-state index in [-0.39, 0.29) is 12.3 Å². The van der Waals surface area contributed by atoms with Crippen LogP contribution in [0.5, 0.6) is 0 Å². The zero-order valence-corrected chi connectivity index (χ0v) is 15.9. The number of unbranched alkanes of at least 4 members (excludes halogenated alkanes) is 1. The fourth-order valence-corrected chi connectivity index (χ4v) is 2.83. The van der Waals surface area contributed by atoms with Crippen LogP contribution in [0.1, 0.15) is 46.0 Å². The molecule has 0 fully saturated rings. The number of carbonyl (C=O) groups excluding carboxylic acids is 1. The molecule has 0 spiro atoms. The van der Waals surface area contributed by atoms with Gasteiger partial charge in [0.25, 0.3) is 0 Å². The number of halogens is 1. The third-order valence-corrected chi connectivity index (χ3v) is 4.72. The van der Waals surface area contributed by atoms with E-state index in [4.69, 9.17) is 0 Å². The van der Waals surface area contributed by atoms with E-state index in [0.717, 1.165) is 30.2 Å². The maximum absolute atomic E-state index is 12.1. The smallest absolute Gasteiger partial charge is 0.321 e. The minimum atomic E-state index is -0.998. The first-order chi connectivity index (χ1) is 11.5. The van der Waals surface area contributed by atoms with Gasteiger partial charge in [0.05, 0.1) is 12.1 Å². The Balaban J connectivity index is 2.54. The Morgan fingerprint density at radius 2 is 1.96 bits per heavy atom. The van der Waals surface area contributed by atoms with Crippen LogP contribution in [-0.2, 0) is 9.59 Å². The van der Waals surface area contributed by atoms with Gasteiger partial charge in [-0.25, -0.2) is 0 Å². The van der Waals surface area contributed by atoms with E-state index in [9.17, 15) is 14.7 Å². The maximum Gasteiger partial charge on any atom is 0.321 e. The Labute approximate surface area is 152 Å². The maximum atomic E-state index is 12.1. The number of amides is 1. The standard InChI is InChI=1S/C18H27BrN2O3/c1-3-5-8-13(4-2)12-20-16(18(23)24)11-17(22)21-15-10-7-6-9-14(15)19/h6-7,9-10,13,16,20H,3-5,8,11-12H2,1-2H3,(H,21,22)(H,23,24)/t13?,16-/m0/s1. The molecule has 3 N–H and O–H groups in total. The summed E-state index contributed by atoms with van der Waals surface area (Å²) in [5.41, 5.74) is 0.640. The highest BCUT2D eigenvalue weighted by atomic mass is 79.9. The minimum Gasteiger partial charge on any atom is -0.480 e. The van der Waals surface area contributed by atoms with Gasteiger partial charge in [-0.2, -0.15) is 0 Å². The normalized spacial score (nSPS) is 13.3. The van der Waals surface area contributed by atoms with Gasteiger partial charge in [-0.05, 0) is 46.9 Å². The molecule has 0 saturated carbocycles. The lowest BCUT2D eigenvalue weighted by Gasteiger charge is -2.19. The van der Waals surface area contributed by atoms with Crippen molar-refractivity contribution in [3.8, 4) is 0 Å². The molecule has 6 heteroatoms. The molecule has 1 aromatic rings. The molecule has 1 aromatic carbocycles. The van der Waals surface area contributed by atoms with Crippen molar-refractivity contribution in [2.24, 2.45) is 5.92 Å². The van der Waals surface area contributed by atoms with Crippen LogP contribution >= 0.6 is 15.9 Å². The van der Waals surface area contributed by atoms with Gasteiger partial charge in [-0.15, -0.1) is 0 Å². The third kappa shape index (κ3) is 7.45. The summed E-state index contributed by atoms with van der Waals surface area (Å²) in [6, 6.07) is 6.38. The summed E-state index contributed by atoms with van der Waals surface area (Å²) < 4.78 is 0.767. The number of benzene rings is 1. The fourth-order valence-electron chi connectivity index (χ4n) is 2.45. The van der Waals surface area contributed by atoms with Gasteiger partial charge in [0.2, 0.25) is 5.91 Å². The number of nitrogens with one attached hydrogen (secondary N) is 2.